The Hall–Kier alpha value is -3.02. The predicted octanol–water partition coefficient (Wildman–Crippen LogP) is 0.546. The van der Waals surface area contributed by atoms with Crippen molar-refractivity contribution < 1.29 is 19.2 Å². The zero-order valence-corrected chi connectivity index (χ0v) is 11.9. The monoisotopic (exact) mass is 296 g/mol. The molecule has 0 fully saturated rings. The molecule has 2 aliphatic rings. The van der Waals surface area contributed by atoms with Gasteiger partial charge in [-0.3, -0.25) is 29.8 Å². The molecule has 1 aromatic carbocycles. The summed E-state index contributed by atoms with van der Waals surface area (Å²) in [5.74, 6) is -1.66. The Balaban J connectivity index is 2.02. The maximum Gasteiger partial charge on any atom is 0.259 e. The summed E-state index contributed by atoms with van der Waals surface area (Å²) in [4.78, 5) is 46.5. The van der Waals surface area contributed by atoms with Crippen LogP contribution >= 0.6 is 0 Å². The van der Waals surface area contributed by atoms with E-state index in [2.05, 4.69) is 10.6 Å². The summed E-state index contributed by atoms with van der Waals surface area (Å²) in [7, 11) is 0. The second kappa shape index (κ2) is 4.77. The van der Waals surface area contributed by atoms with Gasteiger partial charge in [0.1, 0.15) is 0 Å². The Kier molecular flexibility index (Phi) is 3.02. The lowest BCUT2D eigenvalue weighted by molar-refractivity contribution is -0.125. The average Bonchev–Trinajstić information content (AvgIpc) is 2.87. The van der Waals surface area contributed by atoms with Crippen molar-refractivity contribution in [3.8, 4) is 0 Å². The minimum absolute atomic E-state index is 0.328. The highest BCUT2D eigenvalue weighted by atomic mass is 16.2. The van der Waals surface area contributed by atoms with Crippen molar-refractivity contribution in [1.29, 1.82) is 0 Å². The third-order valence-electron chi connectivity index (χ3n) is 3.80. The third kappa shape index (κ3) is 1.96. The molecule has 0 saturated carbocycles. The lowest BCUT2D eigenvalue weighted by Gasteiger charge is -2.05. The van der Waals surface area contributed by atoms with Crippen LogP contribution in [0.25, 0.3) is 11.1 Å². The maximum atomic E-state index is 11.8. The van der Waals surface area contributed by atoms with Crippen molar-refractivity contribution in [2.75, 3.05) is 0 Å². The molecule has 0 saturated heterocycles. The fourth-order valence-electron chi connectivity index (χ4n) is 2.59. The summed E-state index contributed by atoms with van der Waals surface area (Å²) in [6.45, 7) is 3.17. The van der Waals surface area contributed by atoms with Crippen LogP contribution in [0.3, 0.4) is 0 Å². The van der Waals surface area contributed by atoms with E-state index in [-0.39, 0.29) is 0 Å². The molecule has 0 unspecified atom stereocenters. The first-order valence-corrected chi connectivity index (χ1v) is 6.64. The number of hydrogen-bond acceptors (Lipinski definition) is 4. The molecule has 22 heavy (non-hydrogen) atoms. The molecule has 0 bridgehead atoms. The van der Waals surface area contributed by atoms with Gasteiger partial charge in [0.2, 0.25) is 0 Å². The fraction of sp³-hybridized carbons (Fsp3) is 0.125. The van der Waals surface area contributed by atoms with Crippen molar-refractivity contribution in [1.82, 2.24) is 10.6 Å². The van der Waals surface area contributed by atoms with Gasteiger partial charge in [-0.2, -0.15) is 0 Å². The highest BCUT2D eigenvalue weighted by Gasteiger charge is 2.30. The first-order chi connectivity index (χ1) is 10.4. The molecule has 0 radical (unpaired) electrons. The number of benzene rings is 1. The zero-order valence-electron chi connectivity index (χ0n) is 11.9. The number of carbonyl (C=O) groups excluding carboxylic acids is 4. The number of hydrogen-bond donors (Lipinski definition) is 2. The maximum absolute atomic E-state index is 11.8. The van der Waals surface area contributed by atoms with E-state index < -0.39 is 23.6 Å². The van der Waals surface area contributed by atoms with Crippen LogP contribution in [0.1, 0.15) is 25.0 Å². The van der Waals surface area contributed by atoms with Crippen LogP contribution in [0, 0.1) is 0 Å². The molecule has 6 nitrogen and oxygen atoms in total. The number of nitrogens with one attached hydrogen (secondary N) is 2. The third-order valence-corrected chi connectivity index (χ3v) is 3.80. The van der Waals surface area contributed by atoms with Crippen LogP contribution in [0.2, 0.25) is 0 Å². The Morgan fingerprint density at radius 2 is 0.909 bits per heavy atom. The SMILES string of the molecule is CC1=C(c2ccc(C3=C(C)C(=O)NC3=O)cc2)C(=O)NC1=O. The lowest BCUT2D eigenvalue weighted by Crippen LogP contribution is -2.22. The molecule has 110 valence electrons. The standard InChI is InChI=1S/C16H12N2O4/c1-7-11(15(21)17-13(7)19)9-3-5-10(6-4-9)12-8(2)14(20)18-16(12)22/h3-6H,1-2H3,(H,17,19,21)(H,18,20,22). The lowest BCUT2D eigenvalue weighted by atomic mass is 9.97. The smallest absolute Gasteiger partial charge is 0.259 e. The molecule has 2 N–H and O–H groups in total. The molecule has 1 aromatic rings. The molecule has 3 rings (SSSR count). The van der Waals surface area contributed by atoms with Crippen molar-refractivity contribution in [3.05, 3.63) is 46.5 Å². The number of imide groups is 2. The van der Waals surface area contributed by atoms with E-state index in [1.54, 1.807) is 38.1 Å². The molecular formula is C16H12N2O4. The van der Waals surface area contributed by atoms with Crippen LogP contribution < -0.4 is 10.6 Å². The number of rotatable bonds is 2. The molecular weight excluding hydrogens is 284 g/mol. The highest BCUT2D eigenvalue weighted by molar-refractivity contribution is 6.37. The molecule has 6 heteroatoms. The topological polar surface area (TPSA) is 92.3 Å². The van der Waals surface area contributed by atoms with Gasteiger partial charge in [0.15, 0.2) is 0 Å². The summed E-state index contributed by atoms with van der Waals surface area (Å²) in [6, 6.07) is 6.62. The molecule has 0 aliphatic carbocycles. The van der Waals surface area contributed by atoms with Crippen molar-refractivity contribution in [3.63, 3.8) is 0 Å². The van der Waals surface area contributed by atoms with Gasteiger partial charge in [0, 0.05) is 11.1 Å². The molecule has 0 atom stereocenters. The van der Waals surface area contributed by atoms with Gasteiger partial charge < -0.3 is 0 Å². The predicted molar refractivity (Wildman–Crippen MR) is 77.9 cm³/mol. The van der Waals surface area contributed by atoms with E-state index in [1.807, 2.05) is 0 Å². The Bertz CT molecular complexity index is 744. The average molecular weight is 296 g/mol. The van der Waals surface area contributed by atoms with E-state index in [1.165, 1.54) is 0 Å². The minimum atomic E-state index is -0.431. The molecule has 0 spiro atoms. The summed E-state index contributed by atoms with van der Waals surface area (Å²) in [6.07, 6.45) is 0. The van der Waals surface area contributed by atoms with Gasteiger partial charge in [0.05, 0.1) is 11.1 Å². The van der Waals surface area contributed by atoms with Crippen molar-refractivity contribution >= 4 is 34.8 Å². The molecule has 4 amide bonds. The second-order valence-corrected chi connectivity index (χ2v) is 5.14. The second-order valence-electron chi connectivity index (χ2n) is 5.14. The highest BCUT2D eigenvalue weighted by Crippen LogP contribution is 2.28. The van der Waals surface area contributed by atoms with Crippen LogP contribution in [0.5, 0.6) is 0 Å². The van der Waals surface area contributed by atoms with Crippen LogP contribution in [0.15, 0.2) is 35.4 Å². The quantitative estimate of drug-likeness (QED) is 0.779. The normalized spacial score (nSPS) is 18.3. The fourth-order valence-corrected chi connectivity index (χ4v) is 2.59. The number of amides is 4. The van der Waals surface area contributed by atoms with Crippen LogP contribution in [-0.4, -0.2) is 23.6 Å². The van der Waals surface area contributed by atoms with E-state index in [4.69, 9.17) is 0 Å². The summed E-state index contributed by atoms with van der Waals surface area (Å²) in [5, 5.41) is 4.47. The van der Waals surface area contributed by atoms with E-state index >= 15 is 0 Å². The first kappa shape index (κ1) is 13.9. The first-order valence-electron chi connectivity index (χ1n) is 6.64. The van der Waals surface area contributed by atoms with Crippen LogP contribution in [0.4, 0.5) is 0 Å². The van der Waals surface area contributed by atoms with Crippen LogP contribution in [-0.2, 0) is 19.2 Å². The van der Waals surface area contributed by atoms with Gasteiger partial charge in [-0.05, 0) is 25.0 Å². The van der Waals surface area contributed by atoms with Crippen molar-refractivity contribution in [2.45, 2.75) is 13.8 Å². The largest absolute Gasteiger partial charge is 0.288 e. The Labute approximate surface area is 125 Å². The summed E-state index contributed by atoms with van der Waals surface area (Å²) in [5.41, 5.74) is 2.56. The summed E-state index contributed by atoms with van der Waals surface area (Å²) < 4.78 is 0. The van der Waals surface area contributed by atoms with Gasteiger partial charge >= 0.3 is 0 Å². The van der Waals surface area contributed by atoms with Crippen molar-refractivity contribution in [2.24, 2.45) is 0 Å². The van der Waals surface area contributed by atoms with E-state index in [0.29, 0.717) is 33.4 Å². The number of carbonyl (C=O) groups is 4. The minimum Gasteiger partial charge on any atom is -0.288 e. The zero-order chi connectivity index (χ0) is 16.0. The van der Waals surface area contributed by atoms with E-state index in [9.17, 15) is 19.2 Å². The molecule has 0 aromatic heterocycles. The van der Waals surface area contributed by atoms with Gasteiger partial charge in [-0.1, -0.05) is 24.3 Å². The van der Waals surface area contributed by atoms with Gasteiger partial charge in [-0.25, -0.2) is 0 Å². The Morgan fingerprint density at radius 3 is 1.14 bits per heavy atom. The van der Waals surface area contributed by atoms with Gasteiger partial charge in [-0.15, -0.1) is 0 Å². The Morgan fingerprint density at radius 1 is 0.591 bits per heavy atom. The van der Waals surface area contributed by atoms with Gasteiger partial charge in [0.25, 0.3) is 23.6 Å². The molecule has 2 aliphatic heterocycles. The summed E-state index contributed by atoms with van der Waals surface area (Å²) >= 11 is 0. The van der Waals surface area contributed by atoms with E-state index in [0.717, 1.165) is 0 Å². The molecule has 2 heterocycles.